The van der Waals surface area contributed by atoms with Gasteiger partial charge in [-0.25, -0.2) is 4.79 Å². The molecule has 6 heteroatoms. The summed E-state index contributed by atoms with van der Waals surface area (Å²) in [5.74, 6) is 0. The van der Waals surface area contributed by atoms with E-state index in [0.29, 0.717) is 12.7 Å². The van der Waals surface area contributed by atoms with Crippen LogP contribution in [-0.2, 0) is 20.8 Å². The SMILES string of the molecule is C=Cc1ccc(CC(C=O)NC(=O)OC(C)(C)C)cc1C=C.CON(C)C. The molecule has 0 aromatic heterocycles. The van der Waals surface area contributed by atoms with Gasteiger partial charge in [0.05, 0.1) is 13.2 Å². The zero-order chi connectivity index (χ0) is 21.0. The van der Waals surface area contributed by atoms with Crippen molar-refractivity contribution < 1.29 is 19.2 Å². The van der Waals surface area contributed by atoms with E-state index in [2.05, 4.69) is 23.3 Å². The van der Waals surface area contributed by atoms with Crippen molar-refractivity contribution in [1.29, 1.82) is 0 Å². The maximum atomic E-state index is 11.7. The molecule has 0 aliphatic heterocycles. The first-order valence-electron chi connectivity index (χ1n) is 8.60. The molecule has 0 spiro atoms. The third kappa shape index (κ3) is 11.0. The topological polar surface area (TPSA) is 67.9 Å². The van der Waals surface area contributed by atoms with E-state index in [-0.39, 0.29) is 0 Å². The van der Waals surface area contributed by atoms with Gasteiger partial charge in [-0.2, -0.15) is 5.06 Å². The normalized spacial score (nSPS) is 11.7. The van der Waals surface area contributed by atoms with E-state index in [4.69, 9.17) is 4.74 Å². The second-order valence-electron chi connectivity index (χ2n) is 6.96. The fraction of sp³-hybridized carbons (Fsp3) is 0.429. The smallest absolute Gasteiger partial charge is 0.408 e. The van der Waals surface area contributed by atoms with Gasteiger partial charge < -0.3 is 19.7 Å². The molecule has 150 valence electrons. The number of benzene rings is 1. The number of amides is 1. The van der Waals surface area contributed by atoms with Gasteiger partial charge in [0.2, 0.25) is 0 Å². The van der Waals surface area contributed by atoms with Gasteiger partial charge in [0.1, 0.15) is 11.9 Å². The molecule has 0 aliphatic carbocycles. The Bertz CT molecular complexity index is 634. The van der Waals surface area contributed by atoms with Crippen LogP contribution in [0, 0.1) is 0 Å². The molecule has 0 radical (unpaired) electrons. The van der Waals surface area contributed by atoms with Crippen LogP contribution < -0.4 is 5.32 Å². The largest absolute Gasteiger partial charge is 0.444 e. The van der Waals surface area contributed by atoms with Gasteiger partial charge in [0.25, 0.3) is 0 Å². The van der Waals surface area contributed by atoms with Crippen LogP contribution in [-0.4, -0.2) is 50.3 Å². The molecule has 27 heavy (non-hydrogen) atoms. The zero-order valence-electron chi connectivity index (χ0n) is 17.2. The molecule has 1 rings (SSSR count). The lowest BCUT2D eigenvalue weighted by molar-refractivity contribution is -0.109. The molecule has 0 aliphatic rings. The van der Waals surface area contributed by atoms with Crippen molar-refractivity contribution in [3.63, 3.8) is 0 Å². The van der Waals surface area contributed by atoms with Crippen LogP contribution in [0.3, 0.4) is 0 Å². The molecule has 1 amide bonds. The van der Waals surface area contributed by atoms with Gasteiger partial charge in [-0.05, 0) is 43.9 Å². The Labute approximate surface area is 162 Å². The number of carbonyl (C=O) groups is 2. The quantitative estimate of drug-likeness (QED) is 0.580. The van der Waals surface area contributed by atoms with Crippen LogP contribution >= 0.6 is 0 Å². The van der Waals surface area contributed by atoms with Crippen LogP contribution in [0.4, 0.5) is 4.79 Å². The number of hydrogen-bond acceptors (Lipinski definition) is 5. The number of rotatable bonds is 7. The van der Waals surface area contributed by atoms with Gasteiger partial charge in [0, 0.05) is 14.1 Å². The molecule has 0 fully saturated rings. The average molecular weight is 376 g/mol. The lowest BCUT2D eigenvalue weighted by atomic mass is 10.00. The molecule has 6 nitrogen and oxygen atoms in total. The third-order valence-electron chi connectivity index (χ3n) is 3.28. The summed E-state index contributed by atoms with van der Waals surface area (Å²) in [7, 11) is 5.29. The third-order valence-corrected chi connectivity index (χ3v) is 3.28. The number of nitrogens with one attached hydrogen (secondary N) is 1. The second kappa shape index (κ2) is 12.0. The maximum absolute atomic E-state index is 11.7. The van der Waals surface area contributed by atoms with Crippen LogP contribution in [0.5, 0.6) is 0 Å². The van der Waals surface area contributed by atoms with Crippen molar-refractivity contribution >= 4 is 24.5 Å². The van der Waals surface area contributed by atoms with Gasteiger partial charge in [-0.15, -0.1) is 0 Å². The number of hydroxylamine groups is 2. The Kier molecular flexibility index (Phi) is 11.0. The molecular formula is C21H32N2O4. The summed E-state index contributed by atoms with van der Waals surface area (Å²) in [6.45, 7) is 12.8. The average Bonchev–Trinajstić information content (AvgIpc) is 2.59. The fourth-order valence-corrected chi connectivity index (χ4v) is 1.96. The molecule has 0 saturated carbocycles. The van der Waals surface area contributed by atoms with Gasteiger partial charge in [0.15, 0.2) is 0 Å². The van der Waals surface area contributed by atoms with Crippen molar-refractivity contribution in [1.82, 2.24) is 10.4 Å². The zero-order valence-corrected chi connectivity index (χ0v) is 17.2. The molecule has 0 heterocycles. The molecule has 1 aromatic carbocycles. The maximum Gasteiger partial charge on any atom is 0.408 e. The highest BCUT2D eigenvalue weighted by atomic mass is 16.7. The van der Waals surface area contributed by atoms with Crippen molar-refractivity contribution in [3.8, 4) is 0 Å². The molecule has 0 bridgehead atoms. The van der Waals surface area contributed by atoms with E-state index in [0.717, 1.165) is 16.7 Å². The highest BCUT2D eigenvalue weighted by Gasteiger charge is 2.19. The van der Waals surface area contributed by atoms with Gasteiger partial charge >= 0.3 is 6.09 Å². The Hall–Kier alpha value is -2.44. The summed E-state index contributed by atoms with van der Waals surface area (Å²) in [4.78, 5) is 27.5. The molecule has 1 N–H and O–H groups in total. The monoisotopic (exact) mass is 376 g/mol. The van der Waals surface area contributed by atoms with E-state index in [1.54, 1.807) is 45.1 Å². The number of hydrogen-bond donors (Lipinski definition) is 1. The molecule has 1 aromatic rings. The number of nitrogens with zero attached hydrogens (tertiary/aromatic N) is 1. The molecule has 1 unspecified atom stereocenters. The van der Waals surface area contributed by atoms with Crippen LogP contribution in [0.2, 0.25) is 0 Å². The minimum absolute atomic E-state index is 0.390. The summed E-state index contributed by atoms with van der Waals surface area (Å²) in [6, 6.07) is 5.10. The summed E-state index contributed by atoms with van der Waals surface area (Å²) in [5, 5.41) is 4.19. The summed E-state index contributed by atoms with van der Waals surface area (Å²) < 4.78 is 5.15. The van der Waals surface area contributed by atoms with Crippen molar-refractivity contribution in [2.24, 2.45) is 0 Å². The van der Waals surface area contributed by atoms with E-state index in [1.807, 2.05) is 32.3 Å². The summed E-state index contributed by atoms with van der Waals surface area (Å²) in [6.07, 6.45) is 3.98. The predicted octanol–water partition coefficient (Wildman–Crippen LogP) is 3.72. The van der Waals surface area contributed by atoms with Crippen LogP contribution in [0.25, 0.3) is 12.2 Å². The first-order valence-corrected chi connectivity index (χ1v) is 8.60. The molecule has 0 saturated heterocycles. The Morgan fingerprint density at radius 1 is 1.22 bits per heavy atom. The second-order valence-corrected chi connectivity index (χ2v) is 6.96. The fourth-order valence-electron chi connectivity index (χ4n) is 1.96. The number of carbonyl (C=O) groups excluding carboxylic acids is 2. The van der Waals surface area contributed by atoms with E-state index >= 15 is 0 Å². The number of ether oxygens (including phenoxy) is 1. The summed E-state index contributed by atoms with van der Waals surface area (Å²) >= 11 is 0. The van der Waals surface area contributed by atoms with E-state index in [1.165, 1.54) is 0 Å². The first kappa shape index (κ1) is 24.6. The highest BCUT2D eigenvalue weighted by molar-refractivity contribution is 5.74. The number of aldehydes is 1. The highest BCUT2D eigenvalue weighted by Crippen LogP contribution is 2.16. The predicted molar refractivity (Wildman–Crippen MR) is 110 cm³/mol. The van der Waals surface area contributed by atoms with E-state index < -0.39 is 17.7 Å². The van der Waals surface area contributed by atoms with Gasteiger partial charge in [-0.3, -0.25) is 0 Å². The van der Waals surface area contributed by atoms with E-state index in [9.17, 15) is 9.59 Å². The lowest BCUT2D eigenvalue weighted by Crippen LogP contribution is -2.41. The van der Waals surface area contributed by atoms with Crippen LogP contribution in [0.15, 0.2) is 31.4 Å². The van der Waals surface area contributed by atoms with Crippen molar-refractivity contribution in [2.75, 3.05) is 21.2 Å². The lowest BCUT2D eigenvalue weighted by Gasteiger charge is -2.21. The minimum atomic E-state index is -0.637. The Balaban J connectivity index is 0.00000119. The first-order chi connectivity index (χ1) is 12.6. The Morgan fingerprint density at radius 2 is 1.78 bits per heavy atom. The minimum Gasteiger partial charge on any atom is -0.444 e. The van der Waals surface area contributed by atoms with Crippen molar-refractivity contribution in [2.45, 2.75) is 38.8 Å². The summed E-state index contributed by atoms with van der Waals surface area (Å²) in [5.41, 5.74) is 2.24. The van der Waals surface area contributed by atoms with Crippen LogP contribution in [0.1, 0.15) is 37.5 Å². The number of alkyl carbamates (subject to hydrolysis) is 1. The van der Waals surface area contributed by atoms with Crippen molar-refractivity contribution in [3.05, 3.63) is 48.0 Å². The molecular weight excluding hydrogens is 344 g/mol. The van der Waals surface area contributed by atoms with Gasteiger partial charge in [-0.1, -0.05) is 43.5 Å². The molecule has 1 atom stereocenters. The standard InChI is InChI=1S/C18H23NO3.C3H9NO/c1-6-14-9-8-13(10-15(14)7-2)11-16(12-20)19-17(21)22-18(3,4)5;1-4(2)5-3/h6-10,12,16H,1-2,11H2,3-5H3,(H,19,21);1-3H3. The Morgan fingerprint density at radius 3 is 2.19 bits per heavy atom.